The summed E-state index contributed by atoms with van der Waals surface area (Å²) in [6, 6.07) is 7.50. The number of sulfonamides is 1. The molecule has 3 rings (SSSR count). The Morgan fingerprint density at radius 1 is 1.13 bits per heavy atom. The van der Waals surface area contributed by atoms with Gasteiger partial charge in [-0.3, -0.25) is 9.78 Å². The number of halogens is 3. The molecule has 162 valence electrons. The number of aromatic nitrogens is 1. The van der Waals surface area contributed by atoms with E-state index >= 15 is 0 Å². The number of anilines is 1. The highest BCUT2D eigenvalue weighted by Gasteiger charge is 2.32. The number of hydrogen-bond donors (Lipinski definition) is 1. The second kappa shape index (κ2) is 8.70. The van der Waals surface area contributed by atoms with Gasteiger partial charge in [-0.15, -0.1) is 0 Å². The first kappa shape index (κ1) is 22.2. The van der Waals surface area contributed by atoms with Gasteiger partial charge in [-0.25, -0.2) is 8.42 Å². The maximum Gasteiger partial charge on any atom is 0.433 e. The topological polar surface area (TPSA) is 82.6 Å². The molecule has 1 aliphatic rings. The lowest BCUT2D eigenvalue weighted by molar-refractivity contribution is -0.141. The zero-order valence-corrected chi connectivity index (χ0v) is 17.0. The molecule has 1 saturated heterocycles. The predicted octanol–water partition coefficient (Wildman–Crippen LogP) is 2.68. The van der Waals surface area contributed by atoms with Gasteiger partial charge >= 0.3 is 6.18 Å². The number of nitrogens with zero attached hydrogens (tertiary/aromatic N) is 3. The van der Waals surface area contributed by atoms with Gasteiger partial charge in [0.15, 0.2) is 0 Å². The number of amides is 1. The second-order valence-electron chi connectivity index (χ2n) is 6.75. The van der Waals surface area contributed by atoms with Gasteiger partial charge in [-0.2, -0.15) is 17.5 Å². The van der Waals surface area contributed by atoms with Gasteiger partial charge in [0.05, 0.1) is 10.5 Å². The summed E-state index contributed by atoms with van der Waals surface area (Å²) in [6.45, 7) is 4.92. The van der Waals surface area contributed by atoms with Crippen molar-refractivity contribution < 1.29 is 26.4 Å². The molecule has 0 bridgehead atoms. The summed E-state index contributed by atoms with van der Waals surface area (Å²) in [7, 11) is -3.72. The smallest absolute Gasteiger partial charge is 0.322 e. The Kier molecular flexibility index (Phi) is 6.44. The monoisotopic (exact) mass is 442 g/mol. The standard InChI is InChI=1S/C19H21F3N4O3S/c1-2-25-8-10-26(11-9-25)30(28,29)16-5-3-4-15(12-16)24-18(27)14-6-7-17(23-13-14)19(20,21)22/h3-7,12-13H,2,8-11H2,1H3,(H,24,27). The Balaban J connectivity index is 1.73. The lowest BCUT2D eigenvalue weighted by Gasteiger charge is -2.33. The molecule has 1 aromatic heterocycles. The van der Waals surface area contributed by atoms with Crippen molar-refractivity contribution in [3.8, 4) is 0 Å². The summed E-state index contributed by atoms with van der Waals surface area (Å²) in [5, 5.41) is 2.50. The van der Waals surface area contributed by atoms with Gasteiger partial charge < -0.3 is 10.2 Å². The first-order valence-electron chi connectivity index (χ1n) is 9.28. The van der Waals surface area contributed by atoms with Crippen molar-refractivity contribution in [3.05, 3.63) is 53.9 Å². The zero-order valence-electron chi connectivity index (χ0n) is 16.2. The van der Waals surface area contributed by atoms with E-state index in [1.807, 2.05) is 6.92 Å². The Hall–Kier alpha value is -2.50. The summed E-state index contributed by atoms with van der Waals surface area (Å²) in [5.74, 6) is -0.692. The number of piperazine rings is 1. The van der Waals surface area contributed by atoms with Crippen LogP contribution in [-0.4, -0.2) is 61.2 Å². The minimum atomic E-state index is -4.60. The van der Waals surface area contributed by atoms with E-state index in [9.17, 15) is 26.4 Å². The van der Waals surface area contributed by atoms with Crippen LogP contribution in [0.4, 0.5) is 18.9 Å². The number of alkyl halides is 3. The van der Waals surface area contributed by atoms with Crippen LogP contribution in [0.5, 0.6) is 0 Å². The Bertz CT molecular complexity index is 1000. The van der Waals surface area contributed by atoms with Crippen molar-refractivity contribution in [2.45, 2.75) is 18.0 Å². The third-order valence-electron chi connectivity index (χ3n) is 4.82. The number of likely N-dealkylation sites (N-methyl/N-ethyl adjacent to an activating group) is 1. The van der Waals surface area contributed by atoms with Gasteiger partial charge in [0, 0.05) is 38.1 Å². The van der Waals surface area contributed by atoms with E-state index in [2.05, 4.69) is 15.2 Å². The highest BCUT2D eigenvalue weighted by molar-refractivity contribution is 7.89. The zero-order chi connectivity index (χ0) is 21.9. The number of carbonyl (C=O) groups excluding carboxylic acids is 1. The molecule has 0 unspecified atom stereocenters. The molecule has 2 aromatic rings. The minimum Gasteiger partial charge on any atom is -0.322 e. The van der Waals surface area contributed by atoms with Crippen LogP contribution in [0.15, 0.2) is 47.5 Å². The summed E-state index contributed by atoms with van der Waals surface area (Å²) in [5.41, 5.74) is -0.963. The van der Waals surface area contributed by atoms with Crippen LogP contribution in [0, 0.1) is 0 Å². The summed E-state index contributed by atoms with van der Waals surface area (Å²) < 4.78 is 65.0. The average molecular weight is 442 g/mol. The first-order chi connectivity index (χ1) is 14.1. The molecule has 30 heavy (non-hydrogen) atoms. The van der Waals surface area contributed by atoms with E-state index in [-0.39, 0.29) is 16.1 Å². The minimum absolute atomic E-state index is 0.0378. The van der Waals surface area contributed by atoms with E-state index in [4.69, 9.17) is 0 Å². The first-order valence-corrected chi connectivity index (χ1v) is 10.7. The van der Waals surface area contributed by atoms with Gasteiger partial charge in [-0.05, 0) is 36.9 Å². The van der Waals surface area contributed by atoms with Crippen molar-refractivity contribution in [2.24, 2.45) is 0 Å². The molecule has 0 aliphatic carbocycles. The number of rotatable bonds is 5. The fraction of sp³-hybridized carbons (Fsp3) is 0.368. The van der Waals surface area contributed by atoms with Crippen molar-refractivity contribution in [2.75, 3.05) is 38.0 Å². The SMILES string of the molecule is CCN1CCN(S(=O)(=O)c2cccc(NC(=O)c3ccc(C(F)(F)F)nc3)c2)CC1. The normalized spacial score (nSPS) is 16.4. The molecular weight excluding hydrogens is 421 g/mol. The van der Waals surface area contributed by atoms with E-state index in [0.29, 0.717) is 32.2 Å². The molecular formula is C19H21F3N4O3S. The summed E-state index contributed by atoms with van der Waals surface area (Å²) in [4.78, 5) is 17.8. The van der Waals surface area contributed by atoms with Gasteiger partial charge in [0.2, 0.25) is 10.0 Å². The quantitative estimate of drug-likeness (QED) is 0.770. The number of pyridine rings is 1. The van der Waals surface area contributed by atoms with Gasteiger partial charge in [0.1, 0.15) is 5.69 Å². The number of benzene rings is 1. The van der Waals surface area contributed by atoms with Crippen LogP contribution in [0.25, 0.3) is 0 Å². The largest absolute Gasteiger partial charge is 0.433 e. The maximum atomic E-state index is 12.9. The van der Waals surface area contributed by atoms with Crippen molar-refractivity contribution in [1.82, 2.24) is 14.2 Å². The van der Waals surface area contributed by atoms with Crippen LogP contribution >= 0.6 is 0 Å². The molecule has 11 heteroatoms. The molecule has 2 heterocycles. The van der Waals surface area contributed by atoms with Crippen molar-refractivity contribution >= 4 is 21.6 Å². The molecule has 1 N–H and O–H groups in total. The van der Waals surface area contributed by atoms with Crippen LogP contribution in [0.2, 0.25) is 0 Å². The molecule has 0 saturated carbocycles. The van der Waals surface area contributed by atoms with Crippen LogP contribution in [0.1, 0.15) is 23.0 Å². The Morgan fingerprint density at radius 2 is 1.83 bits per heavy atom. The lowest BCUT2D eigenvalue weighted by atomic mass is 10.2. The number of nitrogens with one attached hydrogen (secondary N) is 1. The molecule has 7 nitrogen and oxygen atoms in total. The molecule has 0 radical (unpaired) electrons. The third kappa shape index (κ3) is 4.97. The van der Waals surface area contributed by atoms with E-state index in [1.54, 1.807) is 0 Å². The van der Waals surface area contributed by atoms with Crippen molar-refractivity contribution in [3.63, 3.8) is 0 Å². The molecule has 0 spiro atoms. The predicted molar refractivity (Wildman–Crippen MR) is 105 cm³/mol. The van der Waals surface area contributed by atoms with Crippen LogP contribution in [0.3, 0.4) is 0 Å². The van der Waals surface area contributed by atoms with Crippen molar-refractivity contribution in [1.29, 1.82) is 0 Å². The number of hydrogen-bond acceptors (Lipinski definition) is 5. The second-order valence-corrected chi connectivity index (χ2v) is 8.69. The summed E-state index contributed by atoms with van der Waals surface area (Å²) >= 11 is 0. The molecule has 1 amide bonds. The third-order valence-corrected chi connectivity index (χ3v) is 6.72. The van der Waals surface area contributed by atoms with E-state index < -0.39 is 27.8 Å². The van der Waals surface area contributed by atoms with Crippen LogP contribution < -0.4 is 5.32 Å². The Labute approximate surface area is 172 Å². The fourth-order valence-corrected chi connectivity index (χ4v) is 4.54. The molecule has 1 fully saturated rings. The van der Waals surface area contributed by atoms with Gasteiger partial charge in [-0.1, -0.05) is 13.0 Å². The Morgan fingerprint density at radius 3 is 2.40 bits per heavy atom. The number of carbonyl (C=O) groups is 1. The van der Waals surface area contributed by atoms with E-state index in [0.717, 1.165) is 18.8 Å². The highest BCUT2D eigenvalue weighted by atomic mass is 32.2. The molecule has 1 aromatic carbocycles. The molecule has 1 aliphatic heterocycles. The lowest BCUT2D eigenvalue weighted by Crippen LogP contribution is -2.48. The summed E-state index contributed by atoms with van der Waals surface area (Å²) in [6.07, 6.45) is -3.77. The fourth-order valence-electron chi connectivity index (χ4n) is 3.07. The highest BCUT2D eigenvalue weighted by Crippen LogP contribution is 2.27. The van der Waals surface area contributed by atoms with Gasteiger partial charge in [0.25, 0.3) is 5.91 Å². The maximum absolute atomic E-state index is 12.9. The molecule has 0 atom stereocenters. The van der Waals surface area contributed by atoms with Crippen LogP contribution in [-0.2, 0) is 16.2 Å². The average Bonchev–Trinajstić information content (AvgIpc) is 2.73. The van der Waals surface area contributed by atoms with E-state index in [1.165, 1.54) is 28.6 Å².